The molecule has 10 heteroatoms. The van der Waals surface area contributed by atoms with Crippen LogP contribution in [0, 0.1) is 0 Å². The van der Waals surface area contributed by atoms with E-state index in [0.29, 0.717) is 38.3 Å². The molecular formula is C22H22Br2N4O4. The first-order valence-corrected chi connectivity index (χ1v) is 11.4. The van der Waals surface area contributed by atoms with Gasteiger partial charge in [-0.1, -0.05) is 29.8 Å². The second kappa shape index (κ2) is 10.3. The first-order valence-electron chi connectivity index (χ1n) is 9.80. The summed E-state index contributed by atoms with van der Waals surface area (Å²) < 4.78 is 13.5. The van der Waals surface area contributed by atoms with Crippen LogP contribution in [-0.4, -0.2) is 35.5 Å². The van der Waals surface area contributed by atoms with E-state index in [4.69, 9.17) is 20.2 Å². The highest BCUT2D eigenvalue weighted by molar-refractivity contribution is 9.10. The van der Waals surface area contributed by atoms with Crippen molar-refractivity contribution in [2.45, 2.75) is 26.2 Å². The van der Waals surface area contributed by atoms with E-state index in [-0.39, 0.29) is 18.1 Å². The number of amides is 1. The molecule has 0 saturated carbocycles. The third-order valence-electron chi connectivity index (χ3n) is 4.85. The van der Waals surface area contributed by atoms with E-state index in [1.807, 2.05) is 26.0 Å². The molecule has 2 aromatic carbocycles. The van der Waals surface area contributed by atoms with Crippen LogP contribution >= 0.6 is 31.9 Å². The van der Waals surface area contributed by atoms with Crippen LogP contribution in [-0.2, 0) is 4.79 Å². The molecule has 1 amide bonds. The molecule has 0 saturated heterocycles. The number of carbonyl (C=O) groups is 1. The van der Waals surface area contributed by atoms with Crippen molar-refractivity contribution in [3.8, 4) is 11.5 Å². The van der Waals surface area contributed by atoms with Gasteiger partial charge in [-0.2, -0.15) is 9.78 Å². The SMILES string of the molecule is CC[C@@H](C)c1nc2ccc(Br)cc2c(=O)n1N=Cc1cc(OC)c(OCC(N)=O)cc1Br. The quantitative estimate of drug-likeness (QED) is 0.412. The maximum Gasteiger partial charge on any atom is 0.282 e. The number of rotatable bonds is 8. The van der Waals surface area contributed by atoms with E-state index >= 15 is 0 Å². The first-order chi connectivity index (χ1) is 15.2. The Hall–Kier alpha value is -2.72. The van der Waals surface area contributed by atoms with Gasteiger partial charge in [0.15, 0.2) is 18.1 Å². The molecule has 3 rings (SSSR count). The van der Waals surface area contributed by atoms with Gasteiger partial charge in [-0.15, -0.1) is 0 Å². The monoisotopic (exact) mass is 564 g/mol. The van der Waals surface area contributed by atoms with Crippen LogP contribution in [0.3, 0.4) is 0 Å². The molecule has 32 heavy (non-hydrogen) atoms. The van der Waals surface area contributed by atoms with Crippen LogP contribution in [0.15, 0.2) is 49.2 Å². The molecule has 3 aromatic rings. The third kappa shape index (κ3) is 5.18. The van der Waals surface area contributed by atoms with Gasteiger partial charge in [0.25, 0.3) is 11.5 Å². The van der Waals surface area contributed by atoms with Gasteiger partial charge in [0.05, 0.1) is 24.2 Å². The zero-order chi connectivity index (χ0) is 23.4. The standard InChI is InChI=1S/C22H22Br2N4O4/c1-4-12(2)21-27-17-6-5-14(23)8-15(17)22(30)28(21)26-10-13-7-18(31-3)19(9-16(13)24)32-11-20(25)29/h5-10,12H,4,11H2,1-3H3,(H2,25,29)/t12-/m1/s1. The minimum Gasteiger partial charge on any atom is -0.493 e. The maximum absolute atomic E-state index is 13.2. The van der Waals surface area contributed by atoms with E-state index in [1.54, 1.807) is 24.4 Å². The number of hydrogen-bond acceptors (Lipinski definition) is 6. The molecular weight excluding hydrogens is 544 g/mol. The summed E-state index contributed by atoms with van der Waals surface area (Å²) in [6, 6.07) is 8.74. The molecule has 0 unspecified atom stereocenters. The lowest BCUT2D eigenvalue weighted by molar-refractivity contribution is -0.119. The van der Waals surface area contributed by atoms with Crippen LogP contribution in [0.1, 0.15) is 37.6 Å². The van der Waals surface area contributed by atoms with Crippen LogP contribution < -0.4 is 20.8 Å². The van der Waals surface area contributed by atoms with Gasteiger partial charge in [-0.05, 0) is 52.7 Å². The fourth-order valence-corrected chi connectivity index (χ4v) is 3.76. The van der Waals surface area contributed by atoms with Crippen molar-refractivity contribution in [3.05, 3.63) is 61.0 Å². The van der Waals surface area contributed by atoms with Crippen LogP contribution in [0.25, 0.3) is 10.9 Å². The normalized spacial score (nSPS) is 12.3. The smallest absolute Gasteiger partial charge is 0.282 e. The van der Waals surface area contributed by atoms with Gasteiger partial charge in [0, 0.05) is 20.4 Å². The molecule has 1 aromatic heterocycles. The largest absolute Gasteiger partial charge is 0.493 e. The number of aromatic nitrogens is 2. The van der Waals surface area contributed by atoms with E-state index in [2.05, 4.69) is 37.0 Å². The van der Waals surface area contributed by atoms with Crippen LogP contribution in [0.2, 0.25) is 0 Å². The van der Waals surface area contributed by atoms with E-state index in [9.17, 15) is 9.59 Å². The summed E-state index contributed by atoms with van der Waals surface area (Å²) in [6.45, 7) is 3.76. The lowest BCUT2D eigenvalue weighted by Gasteiger charge is -2.14. The Labute approximate surface area is 201 Å². The van der Waals surface area contributed by atoms with Gasteiger partial charge >= 0.3 is 0 Å². The summed E-state index contributed by atoms with van der Waals surface area (Å²) in [6.07, 6.45) is 2.34. The average molecular weight is 566 g/mol. The van der Waals surface area contributed by atoms with Crippen LogP contribution in [0.5, 0.6) is 11.5 Å². The summed E-state index contributed by atoms with van der Waals surface area (Å²) in [5.74, 6) is 0.751. The van der Waals surface area contributed by atoms with E-state index in [0.717, 1.165) is 10.9 Å². The van der Waals surface area contributed by atoms with Crippen molar-refractivity contribution < 1.29 is 14.3 Å². The van der Waals surface area contributed by atoms with Gasteiger partial charge in [-0.3, -0.25) is 9.59 Å². The first kappa shape index (κ1) is 23.9. The summed E-state index contributed by atoms with van der Waals surface area (Å²) >= 11 is 6.87. The Morgan fingerprint density at radius 3 is 2.69 bits per heavy atom. The second-order valence-corrected chi connectivity index (χ2v) is 8.85. The van der Waals surface area contributed by atoms with Crippen molar-refractivity contribution in [1.82, 2.24) is 9.66 Å². The van der Waals surface area contributed by atoms with Crippen molar-refractivity contribution in [1.29, 1.82) is 0 Å². The Kier molecular flexibility index (Phi) is 7.68. The minimum atomic E-state index is -0.596. The Bertz CT molecular complexity index is 1260. The molecule has 8 nitrogen and oxygen atoms in total. The second-order valence-electron chi connectivity index (χ2n) is 7.08. The number of methoxy groups -OCH3 is 1. The van der Waals surface area contributed by atoms with Gasteiger partial charge in [0.1, 0.15) is 5.82 Å². The Morgan fingerprint density at radius 1 is 1.28 bits per heavy atom. The number of primary amides is 1. The Morgan fingerprint density at radius 2 is 2.03 bits per heavy atom. The topological polar surface area (TPSA) is 109 Å². The minimum absolute atomic E-state index is 0.0236. The number of nitrogens with zero attached hydrogens (tertiary/aromatic N) is 3. The fraction of sp³-hybridized carbons (Fsp3) is 0.273. The summed E-state index contributed by atoms with van der Waals surface area (Å²) in [4.78, 5) is 29.0. The molecule has 0 aliphatic rings. The van der Waals surface area contributed by atoms with Crippen molar-refractivity contribution >= 4 is 54.9 Å². The number of nitrogens with two attached hydrogens (primary N) is 1. The highest BCUT2D eigenvalue weighted by atomic mass is 79.9. The lowest BCUT2D eigenvalue weighted by atomic mass is 10.1. The lowest BCUT2D eigenvalue weighted by Crippen LogP contribution is -2.23. The van der Waals surface area contributed by atoms with Gasteiger partial charge in [-0.25, -0.2) is 4.98 Å². The van der Waals surface area contributed by atoms with E-state index < -0.39 is 5.91 Å². The number of fused-ring (bicyclic) bond motifs is 1. The third-order valence-corrected chi connectivity index (χ3v) is 6.03. The van der Waals surface area contributed by atoms with Crippen LogP contribution in [0.4, 0.5) is 0 Å². The maximum atomic E-state index is 13.2. The summed E-state index contributed by atoms with van der Waals surface area (Å²) in [5.41, 5.74) is 6.16. The molecule has 0 aliphatic carbocycles. The number of halogens is 2. The molecule has 0 fully saturated rings. The highest BCUT2D eigenvalue weighted by Crippen LogP contribution is 2.33. The highest BCUT2D eigenvalue weighted by Gasteiger charge is 2.16. The molecule has 0 spiro atoms. The number of hydrogen-bond donors (Lipinski definition) is 1. The molecule has 1 heterocycles. The van der Waals surface area contributed by atoms with Crippen molar-refractivity contribution in [3.63, 3.8) is 0 Å². The van der Waals surface area contributed by atoms with E-state index in [1.165, 1.54) is 11.8 Å². The zero-order valence-corrected chi connectivity index (χ0v) is 20.9. The molecule has 168 valence electrons. The summed E-state index contributed by atoms with van der Waals surface area (Å²) in [7, 11) is 1.48. The molecule has 2 N–H and O–H groups in total. The average Bonchev–Trinajstić information content (AvgIpc) is 2.77. The summed E-state index contributed by atoms with van der Waals surface area (Å²) in [5, 5.41) is 4.93. The predicted octanol–water partition coefficient (Wildman–Crippen LogP) is 4.19. The van der Waals surface area contributed by atoms with Gasteiger partial charge in [0.2, 0.25) is 0 Å². The molecule has 1 atom stereocenters. The Balaban J connectivity index is 2.10. The van der Waals surface area contributed by atoms with Gasteiger partial charge < -0.3 is 15.2 Å². The fourth-order valence-electron chi connectivity index (χ4n) is 2.97. The molecule has 0 bridgehead atoms. The number of ether oxygens (including phenoxy) is 2. The predicted molar refractivity (Wildman–Crippen MR) is 131 cm³/mol. The molecule has 0 radical (unpaired) electrons. The zero-order valence-electron chi connectivity index (χ0n) is 17.8. The number of benzene rings is 2. The number of carbonyl (C=O) groups excluding carboxylic acids is 1. The van der Waals surface area contributed by atoms with Crippen molar-refractivity contribution in [2.75, 3.05) is 13.7 Å². The molecule has 0 aliphatic heterocycles. The van der Waals surface area contributed by atoms with Crippen molar-refractivity contribution in [2.24, 2.45) is 10.8 Å².